The number of hydrogen-bond donors (Lipinski definition) is 2. The second kappa shape index (κ2) is 17.5. The Morgan fingerprint density at radius 2 is 1.19 bits per heavy atom. The third-order valence-corrected chi connectivity index (χ3v) is 6.17. The van der Waals surface area contributed by atoms with Gasteiger partial charge in [0, 0.05) is 18.5 Å². The summed E-state index contributed by atoms with van der Waals surface area (Å²) in [5.41, 5.74) is 6.10. The second-order valence-electron chi connectivity index (χ2n) is 8.82. The smallest absolute Gasteiger partial charge is 0.220 e. The van der Waals surface area contributed by atoms with Crippen LogP contribution in [0, 0.1) is 0 Å². The topological polar surface area (TPSA) is 55.1 Å². The molecule has 1 saturated carbocycles. The third kappa shape index (κ3) is 14.1. The predicted octanol–water partition coefficient (Wildman–Crippen LogP) is 6.63. The van der Waals surface area contributed by atoms with E-state index in [0.717, 1.165) is 19.3 Å². The average molecular weight is 381 g/mol. The molecule has 0 aromatic rings. The van der Waals surface area contributed by atoms with Gasteiger partial charge in [-0.3, -0.25) is 4.79 Å². The SMILES string of the molecule is CCCCCCCCCCCCCCCCCC(=O)NC1CCCCC1N. The Labute approximate surface area is 169 Å². The van der Waals surface area contributed by atoms with Crippen LogP contribution >= 0.6 is 0 Å². The Bertz CT molecular complexity index is 345. The van der Waals surface area contributed by atoms with Gasteiger partial charge in [0.05, 0.1) is 0 Å². The first-order chi connectivity index (χ1) is 13.2. The molecule has 1 aliphatic carbocycles. The Hall–Kier alpha value is -0.570. The molecule has 0 aromatic heterocycles. The maximum atomic E-state index is 12.0. The lowest BCUT2D eigenvalue weighted by atomic mass is 9.91. The van der Waals surface area contributed by atoms with Gasteiger partial charge in [-0.15, -0.1) is 0 Å². The molecule has 0 heterocycles. The average Bonchev–Trinajstić information content (AvgIpc) is 2.66. The van der Waals surface area contributed by atoms with E-state index in [-0.39, 0.29) is 18.0 Å². The lowest BCUT2D eigenvalue weighted by molar-refractivity contribution is -0.122. The summed E-state index contributed by atoms with van der Waals surface area (Å²) in [6, 6.07) is 0.395. The highest BCUT2D eigenvalue weighted by atomic mass is 16.1. The zero-order valence-corrected chi connectivity index (χ0v) is 18.3. The fraction of sp³-hybridized carbons (Fsp3) is 0.958. The Kier molecular flexibility index (Phi) is 15.9. The van der Waals surface area contributed by atoms with Gasteiger partial charge in [0.1, 0.15) is 0 Å². The van der Waals surface area contributed by atoms with Crippen LogP contribution in [-0.2, 0) is 4.79 Å². The van der Waals surface area contributed by atoms with E-state index in [4.69, 9.17) is 5.73 Å². The predicted molar refractivity (Wildman–Crippen MR) is 118 cm³/mol. The number of carbonyl (C=O) groups excluding carboxylic acids is 1. The van der Waals surface area contributed by atoms with Crippen molar-refractivity contribution in [3.63, 3.8) is 0 Å². The van der Waals surface area contributed by atoms with Crippen molar-refractivity contribution in [2.24, 2.45) is 5.73 Å². The molecule has 2 unspecified atom stereocenters. The maximum Gasteiger partial charge on any atom is 0.220 e. The van der Waals surface area contributed by atoms with E-state index in [1.807, 2.05) is 0 Å². The zero-order valence-electron chi connectivity index (χ0n) is 18.3. The van der Waals surface area contributed by atoms with Gasteiger partial charge in [0.2, 0.25) is 5.91 Å². The summed E-state index contributed by atoms with van der Waals surface area (Å²) in [5, 5.41) is 3.15. The number of hydrogen-bond acceptors (Lipinski definition) is 2. The molecule has 1 fully saturated rings. The molecule has 0 spiro atoms. The van der Waals surface area contributed by atoms with Crippen molar-refractivity contribution in [2.45, 2.75) is 147 Å². The molecule has 3 nitrogen and oxygen atoms in total. The Morgan fingerprint density at radius 1 is 0.741 bits per heavy atom. The molecule has 2 atom stereocenters. The summed E-state index contributed by atoms with van der Waals surface area (Å²) in [4.78, 5) is 12.0. The normalized spacial score (nSPS) is 19.9. The summed E-state index contributed by atoms with van der Waals surface area (Å²) in [6.45, 7) is 2.28. The Morgan fingerprint density at radius 3 is 1.67 bits per heavy atom. The van der Waals surface area contributed by atoms with Gasteiger partial charge in [0.15, 0.2) is 0 Å². The molecule has 27 heavy (non-hydrogen) atoms. The molecule has 0 bridgehead atoms. The van der Waals surface area contributed by atoms with E-state index in [0.29, 0.717) is 6.42 Å². The van der Waals surface area contributed by atoms with E-state index in [9.17, 15) is 4.79 Å². The molecule has 0 aromatic carbocycles. The summed E-state index contributed by atoms with van der Waals surface area (Å²) >= 11 is 0. The van der Waals surface area contributed by atoms with E-state index in [1.54, 1.807) is 0 Å². The van der Waals surface area contributed by atoms with Crippen molar-refractivity contribution in [1.29, 1.82) is 0 Å². The zero-order chi connectivity index (χ0) is 19.6. The van der Waals surface area contributed by atoms with Gasteiger partial charge < -0.3 is 11.1 Å². The molecule has 0 radical (unpaired) electrons. The van der Waals surface area contributed by atoms with Crippen LogP contribution in [0.2, 0.25) is 0 Å². The minimum Gasteiger partial charge on any atom is -0.352 e. The first-order valence-corrected chi connectivity index (χ1v) is 12.3. The van der Waals surface area contributed by atoms with Crippen molar-refractivity contribution in [3.05, 3.63) is 0 Å². The standard InChI is InChI=1S/C24H48N2O/c1-2-3-4-5-6-7-8-9-10-11-12-13-14-15-16-21-24(27)26-23-20-18-17-19-22(23)25/h22-23H,2-21,25H2,1H3,(H,26,27). The van der Waals surface area contributed by atoms with Crippen molar-refractivity contribution in [3.8, 4) is 0 Å². The van der Waals surface area contributed by atoms with Crippen LogP contribution in [0.5, 0.6) is 0 Å². The van der Waals surface area contributed by atoms with Gasteiger partial charge in [-0.05, 0) is 19.3 Å². The number of nitrogens with one attached hydrogen (secondary N) is 1. The minimum absolute atomic E-state index is 0.170. The molecule has 1 rings (SSSR count). The van der Waals surface area contributed by atoms with Crippen LogP contribution < -0.4 is 11.1 Å². The van der Waals surface area contributed by atoms with Crippen LogP contribution in [0.3, 0.4) is 0 Å². The maximum absolute atomic E-state index is 12.0. The highest BCUT2D eigenvalue weighted by Crippen LogP contribution is 2.17. The first kappa shape index (κ1) is 24.5. The summed E-state index contributed by atoms with van der Waals surface area (Å²) in [7, 11) is 0. The van der Waals surface area contributed by atoms with E-state index >= 15 is 0 Å². The minimum atomic E-state index is 0.170. The Balaban J connectivity index is 1.78. The molecule has 3 heteroatoms. The van der Waals surface area contributed by atoms with Gasteiger partial charge in [-0.25, -0.2) is 0 Å². The molecule has 0 saturated heterocycles. The fourth-order valence-electron chi connectivity index (χ4n) is 4.27. The molecule has 0 aliphatic heterocycles. The first-order valence-electron chi connectivity index (χ1n) is 12.3. The summed E-state index contributed by atoms with van der Waals surface area (Å²) < 4.78 is 0. The molecule has 160 valence electrons. The number of amides is 1. The van der Waals surface area contributed by atoms with Crippen LogP contribution in [0.4, 0.5) is 0 Å². The largest absolute Gasteiger partial charge is 0.352 e. The number of carbonyl (C=O) groups is 1. The quantitative estimate of drug-likeness (QED) is 0.278. The molecular weight excluding hydrogens is 332 g/mol. The van der Waals surface area contributed by atoms with Crippen molar-refractivity contribution in [2.75, 3.05) is 0 Å². The molecule has 3 N–H and O–H groups in total. The lowest BCUT2D eigenvalue weighted by Gasteiger charge is -2.29. The highest BCUT2D eigenvalue weighted by molar-refractivity contribution is 5.76. The van der Waals surface area contributed by atoms with Crippen LogP contribution in [-0.4, -0.2) is 18.0 Å². The number of rotatable bonds is 17. The van der Waals surface area contributed by atoms with Crippen molar-refractivity contribution < 1.29 is 4.79 Å². The summed E-state index contributed by atoms with van der Waals surface area (Å²) in [6.07, 6.45) is 25.7. The third-order valence-electron chi connectivity index (χ3n) is 6.17. The van der Waals surface area contributed by atoms with E-state index in [1.165, 1.54) is 103 Å². The summed E-state index contributed by atoms with van der Waals surface area (Å²) in [5.74, 6) is 0.215. The van der Waals surface area contributed by atoms with E-state index in [2.05, 4.69) is 12.2 Å². The van der Waals surface area contributed by atoms with Crippen molar-refractivity contribution in [1.82, 2.24) is 5.32 Å². The number of nitrogens with two attached hydrogens (primary N) is 1. The van der Waals surface area contributed by atoms with Gasteiger partial charge in [0.25, 0.3) is 0 Å². The van der Waals surface area contributed by atoms with Crippen molar-refractivity contribution >= 4 is 5.91 Å². The lowest BCUT2D eigenvalue weighted by Crippen LogP contribution is -2.49. The van der Waals surface area contributed by atoms with Crippen LogP contribution in [0.25, 0.3) is 0 Å². The fourth-order valence-corrected chi connectivity index (χ4v) is 4.27. The van der Waals surface area contributed by atoms with Gasteiger partial charge in [-0.1, -0.05) is 110 Å². The van der Waals surface area contributed by atoms with E-state index < -0.39 is 0 Å². The second-order valence-corrected chi connectivity index (χ2v) is 8.82. The monoisotopic (exact) mass is 380 g/mol. The molecule has 1 amide bonds. The molecule has 1 aliphatic rings. The van der Waals surface area contributed by atoms with Crippen LogP contribution in [0.15, 0.2) is 0 Å². The van der Waals surface area contributed by atoms with Crippen LogP contribution in [0.1, 0.15) is 135 Å². The van der Waals surface area contributed by atoms with Gasteiger partial charge >= 0.3 is 0 Å². The van der Waals surface area contributed by atoms with Gasteiger partial charge in [-0.2, -0.15) is 0 Å². The number of unbranched alkanes of at least 4 members (excludes halogenated alkanes) is 14. The highest BCUT2D eigenvalue weighted by Gasteiger charge is 2.22. The molecular formula is C24H48N2O.